The molecule has 5 unspecified atom stereocenters. The quantitative estimate of drug-likeness (QED) is 0.750. The van der Waals surface area contributed by atoms with Gasteiger partial charge in [0.15, 0.2) is 0 Å². The van der Waals surface area contributed by atoms with Gasteiger partial charge in [0.05, 0.1) is 6.10 Å². The number of ether oxygens (including phenoxy) is 1. The third-order valence-corrected chi connectivity index (χ3v) is 5.66. The first-order valence-corrected chi connectivity index (χ1v) is 8.08. The lowest BCUT2D eigenvalue weighted by molar-refractivity contribution is 0.0401. The lowest BCUT2D eigenvalue weighted by atomic mass is 9.82. The van der Waals surface area contributed by atoms with Crippen molar-refractivity contribution in [2.45, 2.75) is 64.0 Å². The van der Waals surface area contributed by atoms with Crippen molar-refractivity contribution in [1.29, 1.82) is 0 Å². The van der Waals surface area contributed by atoms with Crippen molar-refractivity contribution in [2.24, 2.45) is 23.7 Å². The Morgan fingerprint density at radius 1 is 1.17 bits per heavy atom. The van der Waals surface area contributed by atoms with E-state index in [1.165, 1.54) is 44.9 Å². The second-order valence-corrected chi connectivity index (χ2v) is 6.87. The van der Waals surface area contributed by atoms with Crippen LogP contribution in [0, 0.1) is 23.7 Å². The van der Waals surface area contributed by atoms with Crippen molar-refractivity contribution in [3.8, 4) is 0 Å². The summed E-state index contributed by atoms with van der Waals surface area (Å²) in [5.74, 6) is 3.96. The highest BCUT2D eigenvalue weighted by Gasteiger charge is 2.43. The molecule has 3 fully saturated rings. The van der Waals surface area contributed by atoms with E-state index in [-0.39, 0.29) is 0 Å². The van der Waals surface area contributed by atoms with Crippen molar-refractivity contribution in [2.75, 3.05) is 13.7 Å². The molecule has 2 bridgehead atoms. The minimum atomic E-state index is 0.476. The minimum Gasteiger partial charge on any atom is -0.380 e. The molecule has 0 amide bonds. The summed E-state index contributed by atoms with van der Waals surface area (Å²) < 4.78 is 5.82. The fourth-order valence-electron chi connectivity index (χ4n) is 4.70. The van der Waals surface area contributed by atoms with Crippen LogP contribution >= 0.6 is 0 Å². The summed E-state index contributed by atoms with van der Waals surface area (Å²) in [7, 11) is 1.91. The minimum absolute atomic E-state index is 0.476. The predicted molar refractivity (Wildman–Crippen MR) is 74.5 cm³/mol. The van der Waals surface area contributed by atoms with Gasteiger partial charge in [0.25, 0.3) is 0 Å². The van der Waals surface area contributed by atoms with Crippen molar-refractivity contribution in [3.63, 3.8) is 0 Å². The maximum Gasteiger partial charge on any atom is 0.0752 e. The molecule has 0 radical (unpaired) electrons. The van der Waals surface area contributed by atoms with E-state index in [0.717, 1.165) is 30.2 Å². The lowest BCUT2D eigenvalue weighted by Gasteiger charge is -2.32. The summed E-state index contributed by atoms with van der Waals surface area (Å²) in [6.45, 7) is 3.31. The Balaban J connectivity index is 1.59. The van der Waals surface area contributed by atoms with Crippen LogP contribution in [0.4, 0.5) is 0 Å². The number of rotatable bonds is 7. The zero-order valence-electron chi connectivity index (χ0n) is 12.0. The van der Waals surface area contributed by atoms with Gasteiger partial charge in [0.1, 0.15) is 0 Å². The Labute approximate surface area is 112 Å². The maximum atomic E-state index is 5.82. The van der Waals surface area contributed by atoms with Crippen LogP contribution < -0.4 is 5.32 Å². The first-order chi connectivity index (χ1) is 8.81. The van der Waals surface area contributed by atoms with E-state index in [9.17, 15) is 0 Å². The van der Waals surface area contributed by atoms with Crippen LogP contribution in [0.2, 0.25) is 0 Å². The Kier molecular flexibility index (Phi) is 3.95. The summed E-state index contributed by atoms with van der Waals surface area (Å²) in [5.41, 5.74) is 0. The zero-order valence-corrected chi connectivity index (χ0v) is 12.0. The van der Waals surface area contributed by atoms with Crippen LogP contribution in [-0.2, 0) is 4.74 Å². The molecule has 3 aliphatic rings. The Morgan fingerprint density at radius 2 is 2.00 bits per heavy atom. The summed E-state index contributed by atoms with van der Waals surface area (Å²) in [6, 6.07) is 0.608. The molecule has 0 saturated heterocycles. The highest BCUT2D eigenvalue weighted by molar-refractivity contribution is 4.96. The smallest absolute Gasteiger partial charge is 0.0752 e. The van der Waals surface area contributed by atoms with E-state index in [0.29, 0.717) is 12.1 Å². The first-order valence-electron chi connectivity index (χ1n) is 8.08. The standard InChI is InChI=1S/C16H29NO/c1-3-17-15(16(18-2)12-6-7-12)10-14-9-11-4-5-13(14)8-11/h11-17H,3-10H2,1-2H3. The van der Waals surface area contributed by atoms with Gasteiger partial charge in [-0.3, -0.25) is 0 Å². The first kappa shape index (κ1) is 12.9. The van der Waals surface area contributed by atoms with Gasteiger partial charge in [-0.25, -0.2) is 0 Å². The fourth-order valence-corrected chi connectivity index (χ4v) is 4.70. The molecular formula is C16H29NO. The van der Waals surface area contributed by atoms with Gasteiger partial charge in [-0.2, -0.15) is 0 Å². The SMILES string of the molecule is CCNC(CC1CC2CCC1C2)C(OC)C1CC1. The van der Waals surface area contributed by atoms with Gasteiger partial charge in [-0.1, -0.05) is 13.3 Å². The third kappa shape index (κ3) is 2.60. The molecule has 0 aromatic rings. The van der Waals surface area contributed by atoms with E-state index < -0.39 is 0 Å². The molecule has 0 heterocycles. The number of likely N-dealkylation sites (N-methyl/N-ethyl adjacent to an activating group) is 1. The number of hydrogen-bond donors (Lipinski definition) is 1. The largest absolute Gasteiger partial charge is 0.380 e. The van der Waals surface area contributed by atoms with Gasteiger partial charge in [0.2, 0.25) is 0 Å². The summed E-state index contributed by atoms with van der Waals surface area (Å²) in [6.07, 6.45) is 10.7. The van der Waals surface area contributed by atoms with Crippen LogP contribution in [0.25, 0.3) is 0 Å². The van der Waals surface area contributed by atoms with E-state index in [2.05, 4.69) is 12.2 Å². The zero-order chi connectivity index (χ0) is 12.5. The van der Waals surface area contributed by atoms with Crippen LogP contribution in [0.5, 0.6) is 0 Å². The number of methoxy groups -OCH3 is 1. The third-order valence-electron chi connectivity index (χ3n) is 5.66. The Hall–Kier alpha value is -0.0800. The number of fused-ring (bicyclic) bond motifs is 2. The average molecular weight is 251 g/mol. The van der Waals surface area contributed by atoms with Crippen LogP contribution in [0.3, 0.4) is 0 Å². The van der Waals surface area contributed by atoms with Crippen molar-refractivity contribution >= 4 is 0 Å². The fraction of sp³-hybridized carbons (Fsp3) is 1.00. The van der Waals surface area contributed by atoms with Gasteiger partial charge >= 0.3 is 0 Å². The van der Waals surface area contributed by atoms with Gasteiger partial charge < -0.3 is 10.1 Å². The van der Waals surface area contributed by atoms with E-state index >= 15 is 0 Å². The average Bonchev–Trinajstić information content (AvgIpc) is 2.99. The molecule has 0 spiro atoms. The maximum absolute atomic E-state index is 5.82. The van der Waals surface area contributed by atoms with Crippen molar-refractivity contribution < 1.29 is 4.74 Å². The van der Waals surface area contributed by atoms with Gasteiger partial charge in [-0.05, 0) is 68.7 Å². The molecule has 1 N–H and O–H groups in total. The topological polar surface area (TPSA) is 21.3 Å². The van der Waals surface area contributed by atoms with Gasteiger partial charge in [0, 0.05) is 13.2 Å². The van der Waals surface area contributed by atoms with Gasteiger partial charge in [-0.15, -0.1) is 0 Å². The highest BCUT2D eigenvalue weighted by atomic mass is 16.5. The molecule has 3 saturated carbocycles. The molecular weight excluding hydrogens is 222 g/mol. The second-order valence-electron chi connectivity index (χ2n) is 6.87. The Bertz CT molecular complexity index is 276. The summed E-state index contributed by atoms with van der Waals surface area (Å²) in [4.78, 5) is 0. The molecule has 0 aromatic carbocycles. The molecule has 0 aromatic heterocycles. The van der Waals surface area contributed by atoms with E-state index in [4.69, 9.17) is 4.74 Å². The second kappa shape index (κ2) is 5.50. The molecule has 104 valence electrons. The summed E-state index contributed by atoms with van der Waals surface area (Å²) in [5, 5.41) is 3.72. The predicted octanol–water partition coefficient (Wildman–Crippen LogP) is 3.22. The van der Waals surface area contributed by atoms with Crippen LogP contribution in [-0.4, -0.2) is 25.8 Å². The summed E-state index contributed by atoms with van der Waals surface area (Å²) >= 11 is 0. The molecule has 3 aliphatic carbocycles. The lowest BCUT2D eigenvalue weighted by Crippen LogP contribution is -2.44. The monoisotopic (exact) mass is 251 g/mol. The Morgan fingerprint density at radius 3 is 2.50 bits per heavy atom. The number of nitrogens with one attached hydrogen (secondary N) is 1. The highest BCUT2D eigenvalue weighted by Crippen LogP contribution is 2.50. The van der Waals surface area contributed by atoms with E-state index in [1.54, 1.807) is 0 Å². The molecule has 2 nitrogen and oxygen atoms in total. The number of hydrogen-bond acceptors (Lipinski definition) is 2. The molecule has 5 atom stereocenters. The molecule has 3 rings (SSSR count). The van der Waals surface area contributed by atoms with Crippen LogP contribution in [0.1, 0.15) is 51.9 Å². The van der Waals surface area contributed by atoms with E-state index in [1.807, 2.05) is 7.11 Å². The molecule has 2 heteroatoms. The molecule has 0 aliphatic heterocycles. The van der Waals surface area contributed by atoms with Crippen molar-refractivity contribution in [1.82, 2.24) is 5.32 Å². The van der Waals surface area contributed by atoms with Crippen LogP contribution in [0.15, 0.2) is 0 Å². The molecule has 18 heavy (non-hydrogen) atoms. The normalized spacial score (nSPS) is 38.0. The van der Waals surface area contributed by atoms with Crippen molar-refractivity contribution in [3.05, 3.63) is 0 Å².